The average Bonchev–Trinajstić information content (AvgIpc) is 2.27. The van der Waals surface area contributed by atoms with Gasteiger partial charge in [-0.15, -0.1) is 0 Å². The second-order valence-electron chi connectivity index (χ2n) is 3.60. The number of halogens is 2. The van der Waals surface area contributed by atoms with E-state index in [-0.39, 0.29) is 23.6 Å². The van der Waals surface area contributed by atoms with Crippen molar-refractivity contribution in [1.29, 1.82) is 0 Å². The zero-order valence-electron chi connectivity index (χ0n) is 9.88. The fourth-order valence-electron chi connectivity index (χ4n) is 1.54. The van der Waals surface area contributed by atoms with E-state index in [2.05, 4.69) is 0 Å². The van der Waals surface area contributed by atoms with Crippen molar-refractivity contribution in [1.82, 2.24) is 5.48 Å². The molecule has 0 aliphatic rings. The first-order valence-electron chi connectivity index (χ1n) is 4.94. The minimum atomic E-state index is -3.05. The van der Waals surface area contributed by atoms with Crippen molar-refractivity contribution in [2.45, 2.75) is 19.4 Å². The summed E-state index contributed by atoms with van der Waals surface area (Å²) >= 11 is 0. The largest absolute Gasteiger partial charge is 0.493 e. The third kappa shape index (κ3) is 3.04. The Kier molecular flexibility index (Phi) is 4.25. The molecule has 0 saturated heterocycles. The summed E-state index contributed by atoms with van der Waals surface area (Å²) < 4.78 is 36.8. The lowest BCUT2D eigenvalue weighted by atomic mass is 10.0. The third-order valence-electron chi connectivity index (χ3n) is 2.29. The van der Waals surface area contributed by atoms with Crippen LogP contribution in [-0.2, 0) is 12.5 Å². The molecule has 0 fully saturated rings. The third-order valence-corrected chi connectivity index (χ3v) is 2.29. The number of hydrogen-bond acceptors (Lipinski definition) is 4. The van der Waals surface area contributed by atoms with Crippen LogP contribution in [-0.4, -0.2) is 19.4 Å². The van der Waals surface area contributed by atoms with Crippen LogP contribution in [0, 0.1) is 0 Å². The van der Waals surface area contributed by atoms with Crippen molar-refractivity contribution in [3.8, 4) is 11.5 Å². The van der Waals surface area contributed by atoms with Gasteiger partial charge >= 0.3 is 0 Å². The second-order valence-corrected chi connectivity index (χ2v) is 3.60. The molecule has 0 aromatic heterocycles. The standard InChI is InChI=1S/C11H15F2NO3/c1-11(12,13)8-4-7(6-14-15)5-9(16-2)10(8)17-3/h4-5,14-15H,6H2,1-3H3. The highest BCUT2D eigenvalue weighted by atomic mass is 19.3. The monoisotopic (exact) mass is 247 g/mol. The van der Waals surface area contributed by atoms with Gasteiger partial charge in [0.2, 0.25) is 0 Å². The zero-order chi connectivity index (χ0) is 13.1. The number of methoxy groups -OCH3 is 2. The van der Waals surface area contributed by atoms with Crippen LogP contribution >= 0.6 is 0 Å². The lowest BCUT2D eigenvalue weighted by Crippen LogP contribution is -2.13. The Morgan fingerprint density at radius 3 is 2.35 bits per heavy atom. The molecule has 0 amide bonds. The molecule has 0 aliphatic heterocycles. The van der Waals surface area contributed by atoms with Crippen LogP contribution < -0.4 is 15.0 Å². The molecule has 0 atom stereocenters. The van der Waals surface area contributed by atoms with Crippen molar-refractivity contribution in [3.05, 3.63) is 23.3 Å². The summed E-state index contributed by atoms with van der Waals surface area (Å²) in [6, 6.07) is 2.79. The number of alkyl halides is 2. The van der Waals surface area contributed by atoms with E-state index in [0.29, 0.717) is 5.56 Å². The average molecular weight is 247 g/mol. The molecule has 17 heavy (non-hydrogen) atoms. The highest BCUT2D eigenvalue weighted by Crippen LogP contribution is 2.41. The topological polar surface area (TPSA) is 50.7 Å². The molecule has 0 saturated carbocycles. The van der Waals surface area contributed by atoms with Crippen LogP contribution in [0.4, 0.5) is 8.78 Å². The zero-order valence-corrected chi connectivity index (χ0v) is 9.88. The van der Waals surface area contributed by atoms with Crippen LogP contribution in [0.15, 0.2) is 12.1 Å². The van der Waals surface area contributed by atoms with Crippen molar-refractivity contribution in [2.24, 2.45) is 0 Å². The summed E-state index contributed by atoms with van der Waals surface area (Å²) in [5.74, 6) is -2.84. The number of nitrogens with one attached hydrogen (secondary N) is 1. The van der Waals surface area contributed by atoms with Crippen LogP contribution in [0.1, 0.15) is 18.1 Å². The van der Waals surface area contributed by atoms with E-state index in [1.807, 2.05) is 5.48 Å². The van der Waals surface area contributed by atoms with E-state index in [4.69, 9.17) is 14.7 Å². The molecular formula is C11H15F2NO3. The van der Waals surface area contributed by atoms with Gasteiger partial charge in [-0.3, -0.25) is 0 Å². The van der Waals surface area contributed by atoms with E-state index in [1.54, 1.807) is 0 Å². The van der Waals surface area contributed by atoms with Crippen LogP contribution in [0.25, 0.3) is 0 Å². The smallest absolute Gasteiger partial charge is 0.274 e. The number of rotatable bonds is 5. The molecule has 4 nitrogen and oxygen atoms in total. The van der Waals surface area contributed by atoms with Gasteiger partial charge in [-0.1, -0.05) is 0 Å². The maximum Gasteiger partial charge on any atom is 0.274 e. The van der Waals surface area contributed by atoms with Crippen LogP contribution in [0.5, 0.6) is 11.5 Å². The molecular weight excluding hydrogens is 232 g/mol. The van der Waals surface area contributed by atoms with Gasteiger partial charge in [0.15, 0.2) is 11.5 Å². The Morgan fingerprint density at radius 1 is 1.29 bits per heavy atom. The Hall–Kier alpha value is -1.40. The first-order valence-corrected chi connectivity index (χ1v) is 4.94. The number of ether oxygens (including phenoxy) is 2. The summed E-state index contributed by atoms with van der Waals surface area (Å²) in [7, 11) is 2.67. The summed E-state index contributed by atoms with van der Waals surface area (Å²) in [6.45, 7) is 0.823. The van der Waals surface area contributed by atoms with Crippen LogP contribution in [0.3, 0.4) is 0 Å². The maximum atomic E-state index is 13.4. The highest BCUT2D eigenvalue weighted by Gasteiger charge is 2.31. The van der Waals surface area contributed by atoms with E-state index >= 15 is 0 Å². The maximum absolute atomic E-state index is 13.4. The first kappa shape index (κ1) is 13.7. The van der Waals surface area contributed by atoms with Gasteiger partial charge in [0, 0.05) is 13.5 Å². The van der Waals surface area contributed by atoms with E-state index in [9.17, 15) is 8.78 Å². The lowest BCUT2D eigenvalue weighted by Gasteiger charge is -2.19. The van der Waals surface area contributed by atoms with Crippen molar-refractivity contribution in [3.63, 3.8) is 0 Å². The number of hydroxylamine groups is 1. The normalized spacial score (nSPS) is 11.4. The summed E-state index contributed by atoms with van der Waals surface area (Å²) in [5, 5.41) is 8.59. The molecule has 0 heterocycles. The van der Waals surface area contributed by atoms with Gasteiger partial charge < -0.3 is 14.7 Å². The molecule has 2 N–H and O–H groups in total. The quantitative estimate of drug-likeness (QED) is 0.784. The summed E-state index contributed by atoms with van der Waals surface area (Å²) in [5.41, 5.74) is 2.11. The van der Waals surface area contributed by atoms with Gasteiger partial charge in [-0.25, -0.2) is 14.3 Å². The van der Waals surface area contributed by atoms with Crippen molar-refractivity contribution in [2.75, 3.05) is 14.2 Å². The molecule has 0 unspecified atom stereocenters. The van der Waals surface area contributed by atoms with Gasteiger partial charge in [0.1, 0.15) is 0 Å². The molecule has 0 radical (unpaired) electrons. The van der Waals surface area contributed by atoms with E-state index in [1.165, 1.54) is 26.4 Å². The SMILES string of the molecule is COc1cc(CNO)cc(C(C)(F)F)c1OC. The van der Waals surface area contributed by atoms with Crippen LogP contribution in [0.2, 0.25) is 0 Å². The van der Waals surface area contributed by atoms with Gasteiger partial charge in [0.25, 0.3) is 5.92 Å². The minimum Gasteiger partial charge on any atom is -0.493 e. The molecule has 1 aromatic carbocycles. The molecule has 1 rings (SSSR count). The predicted molar refractivity (Wildman–Crippen MR) is 57.7 cm³/mol. The minimum absolute atomic E-state index is 0.00156. The van der Waals surface area contributed by atoms with Crippen molar-refractivity contribution >= 4 is 0 Å². The Labute approximate surface area is 98.1 Å². The predicted octanol–water partition coefficient (Wildman–Crippen LogP) is 2.29. The summed E-state index contributed by atoms with van der Waals surface area (Å²) in [4.78, 5) is 0. The molecule has 0 spiro atoms. The summed E-state index contributed by atoms with van der Waals surface area (Å²) in [6.07, 6.45) is 0. The first-order chi connectivity index (χ1) is 7.93. The second kappa shape index (κ2) is 5.29. The fourth-order valence-corrected chi connectivity index (χ4v) is 1.54. The molecule has 96 valence electrons. The van der Waals surface area contributed by atoms with Gasteiger partial charge in [-0.05, 0) is 17.7 Å². The number of benzene rings is 1. The lowest BCUT2D eigenvalue weighted by molar-refractivity contribution is 0.0145. The van der Waals surface area contributed by atoms with Gasteiger partial charge in [-0.2, -0.15) is 0 Å². The Balaban J connectivity index is 3.37. The molecule has 1 aromatic rings. The number of hydrogen-bond donors (Lipinski definition) is 2. The van der Waals surface area contributed by atoms with E-state index in [0.717, 1.165) is 6.92 Å². The van der Waals surface area contributed by atoms with E-state index < -0.39 is 5.92 Å². The van der Waals surface area contributed by atoms with Crippen molar-refractivity contribution < 1.29 is 23.5 Å². The highest BCUT2D eigenvalue weighted by molar-refractivity contribution is 5.51. The Bertz CT molecular complexity index is 391. The Morgan fingerprint density at radius 2 is 1.94 bits per heavy atom. The molecule has 0 aliphatic carbocycles. The molecule has 6 heteroatoms. The van der Waals surface area contributed by atoms with Gasteiger partial charge in [0.05, 0.1) is 19.8 Å². The molecule has 0 bridgehead atoms. The fraction of sp³-hybridized carbons (Fsp3) is 0.455.